The van der Waals surface area contributed by atoms with E-state index in [2.05, 4.69) is 5.10 Å². The lowest BCUT2D eigenvalue weighted by Gasteiger charge is -2.02. The number of nitrogens with zero attached hydrogens (tertiary/aromatic N) is 2. The second-order valence-corrected chi connectivity index (χ2v) is 4.13. The summed E-state index contributed by atoms with van der Waals surface area (Å²) >= 11 is 5.55. The molecule has 1 aromatic carbocycles. The minimum Gasteiger partial charge on any atom is -0.272 e. The Morgan fingerprint density at radius 1 is 1.39 bits per heavy atom. The van der Waals surface area contributed by atoms with Crippen LogP contribution in [0.25, 0.3) is 11.3 Å². The molecule has 6 heteroatoms. The van der Waals surface area contributed by atoms with Crippen LogP contribution in [0, 0.1) is 5.82 Å². The summed E-state index contributed by atoms with van der Waals surface area (Å²) in [5.74, 6) is -0.652. The van der Waals surface area contributed by atoms with Gasteiger partial charge in [0.05, 0.1) is 10.6 Å². The summed E-state index contributed by atoms with van der Waals surface area (Å²) in [6.45, 7) is 2.25. The van der Waals surface area contributed by atoms with E-state index in [0.29, 0.717) is 12.1 Å². The van der Waals surface area contributed by atoms with Gasteiger partial charge in [-0.25, -0.2) is 13.2 Å². The zero-order valence-corrected chi connectivity index (χ0v) is 10.3. The number of benzene rings is 1. The van der Waals surface area contributed by atoms with E-state index < -0.39 is 12.2 Å². The largest absolute Gasteiger partial charge is 0.272 e. The molecule has 0 atom stereocenters. The van der Waals surface area contributed by atoms with E-state index in [1.165, 1.54) is 23.0 Å². The highest BCUT2D eigenvalue weighted by molar-refractivity contribution is 6.30. The number of rotatable bonds is 3. The quantitative estimate of drug-likeness (QED) is 0.816. The van der Waals surface area contributed by atoms with Crippen molar-refractivity contribution in [3.8, 4) is 11.3 Å². The van der Waals surface area contributed by atoms with Crippen LogP contribution in [0.3, 0.4) is 0 Å². The molecule has 0 aliphatic carbocycles. The molecule has 2 rings (SSSR count). The molecular weight excluding hydrogens is 265 g/mol. The lowest BCUT2D eigenvalue weighted by Crippen LogP contribution is -1.94. The second kappa shape index (κ2) is 5.02. The number of hydrogen-bond donors (Lipinski definition) is 0. The van der Waals surface area contributed by atoms with Gasteiger partial charge in [-0.1, -0.05) is 17.7 Å². The van der Waals surface area contributed by atoms with Gasteiger partial charge in [-0.2, -0.15) is 5.10 Å². The Bertz CT molecular complexity index is 566. The predicted molar refractivity (Wildman–Crippen MR) is 63.3 cm³/mol. The fourth-order valence-corrected chi connectivity index (χ4v) is 1.74. The van der Waals surface area contributed by atoms with E-state index in [4.69, 9.17) is 11.6 Å². The molecule has 0 saturated carbocycles. The minimum absolute atomic E-state index is 0.0488. The Morgan fingerprint density at radius 2 is 2.11 bits per heavy atom. The van der Waals surface area contributed by atoms with Crippen LogP contribution in [0.2, 0.25) is 5.02 Å². The molecule has 0 amide bonds. The van der Waals surface area contributed by atoms with Crippen molar-refractivity contribution in [1.82, 2.24) is 9.78 Å². The third-order valence-electron chi connectivity index (χ3n) is 2.54. The first-order valence-electron chi connectivity index (χ1n) is 5.33. The summed E-state index contributed by atoms with van der Waals surface area (Å²) in [7, 11) is 0. The summed E-state index contributed by atoms with van der Waals surface area (Å²) in [6.07, 6.45) is -1.38. The van der Waals surface area contributed by atoms with E-state index in [9.17, 15) is 13.2 Å². The Balaban J connectivity index is 2.54. The van der Waals surface area contributed by atoms with Crippen LogP contribution in [0.1, 0.15) is 18.9 Å². The van der Waals surface area contributed by atoms with Crippen LogP contribution in [-0.4, -0.2) is 9.78 Å². The Labute approximate surface area is 107 Å². The van der Waals surface area contributed by atoms with Crippen molar-refractivity contribution in [1.29, 1.82) is 0 Å². The summed E-state index contributed by atoms with van der Waals surface area (Å²) < 4.78 is 40.5. The fourth-order valence-electron chi connectivity index (χ4n) is 1.63. The maximum absolute atomic E-state index is 13.3. The van der Waals surface area contributed by atoms with Gasteiger partial charge >= 0.3 is 0 Å². The van der Waals surface area contributed by atoms with Gasteiger partial charge in [0, 0.05) is 18.3 Å². The first kappa shape index (κ1) is 13.0. The maximum Gasteiger partial charge on any atom is 0.267 e. The van der Waals surface area contributed by atoms with Gasteiger partial charge in [-0.05, 0) is 19.1 Å². The van der Waals surface area contributed by atoms with Gasteiger partial charge in [0.15, 0.2) is 0 Å². The molecule has 0 N–H and O–H groups in total. The van der Waals surface area contributed by atoms with E-state index >= 15 is 0 Å². The summed E-state index contributed by atoms with van der Waals surface area (Å²) in [4.78, 5) is 0. The Hall–Kier alpha value is -1.49. The highest BCUT2D eigenvalue weighted by atomic mass is 35.5. The highest BCUT2D eigenvalue weighted by Crippen LogP contribution is 2.31. The number of aryl methyl sites for hydroxylation is 1. The van der Waals surface area contributed by atoms with Gasteiger partial charge < -0.3 is 0 Å². The predicted octanol–water partition coefficient (Wildman–Crippen LogP) is 4.30. The van der Waals surface area contributed by atoms with Crippen molar-refractivity contribution < 1.29 is 13.2 Å². The number of hydrogen-bond acceptors (Lipinski definition) is 1. The van der Waals surface area contributed by atoms with E-state index in [1.54, 1.807) is 6.92 Å². The van der Waals surface area contributed by atoms with Crippen LogP contribution in [0.4, 0.5) is 13.2 Å². The molecule has 0 radical (unpaired) electrons. The average Bonchev–Trinajstić information content (AvgIpc) is 2.77. The van der Waals surface area contributed by atoms with Crippen LogP contribution >= 0.6 is 11.6 Å². The van der Waals surface area contributed by atoms with Gasteiger partial charge in [0.1, 0.15) is 11.5 Å². The molecule has 0 bridgehead atoms. The molecule has 1 aromatic heterocycles. The van der Waals surface area contributed by atoms with Gasteiger partial charge in [0.2, 0.25) is 0 Å². The third kappa shape index (κ3) is 2.36. The van der Waals surface area contributed by atoms with E-state index in [1.807, 2.05) is 0 Å². The zero-order chi connectivity index (χ0) is 13.3. The molecule has 0 fully saturated rings. The smallest absolute Gasteiger partial charge is 0.267 e. The van der Waals surface area contributed by atoms with Crippen LogP contribution < -0.4 is 0 Å². The zero-order valence-electron chi connectivity index (χ0n) is 9.50. The normalized spacial score (nSPS) is 11.2. The number of halogens is 4. The minimum atomic E-state index is -2.65. The van der Waals surface area contributed by atoms with Crippen molar-refractivity contribution in [2.24, 2.45) is 0 Å². The van der Waals surface area contributed by atoms with Gasteiger partial charge in [0.25, 0.3) is 6.43 Å². The molecular formula is C12H10ClF3N2. The Morgan fingerprint density at radius 3 is 2.67 bits per heavy atom. The van der Waals surface area contributed by atoms with Crippen molar-refractivity contribution in [2.75, 3.05) is 0 Å². The van der Waals surface area contributed by atoms with E-state index in [0.717, 1.165) is 6.07 Å². The van der Waals surface area contributed by atoms with E-state index in [-0.39, 0.29) is 16.3 Å². The van der Waals surface area contributed by atoms with Crippen molar-refractivity contribution >= 4 is 11.6 Å². The lowest BCUT2D eigenvalue weighted by atomic mass is 10.1. The molecule has 2 aromatic rings. The summed E-state index contributed by atoms with van der Waals surface area (Å²) in [5.41, 5.74) is 0.167. The molecule has 0 saturated heterocycles. The molecule has 0 spiro atoms. The lowest BCUT2D eigenvalue weighted by molar-refractivity contribution is 0.152. The first-order valence-corrected chi connectivity index (χ1v) is 5.71. The van der Waals surface area contributed by atoms with Crippen LogP contribution in [-0.2, 0) is 6.54 Å². The SMILES string of the molecule is CCn1cc(C(F)F)c(-c2ccc(Cl)c(F)c2)n1. The number of alkyl halides is 2. The van der Waals surface area contributed by atoms with Crippen LogP contribution in [0.15, 0.2) is 24.4 Å². The maximum atomic E-state index is 13.3. The van der Waals surface area contributed by atoms with Gasteiger partial charge in [-0.15, -0.1) is 0 Å². The summed E-state index contributed by atoms with van der Waals surface area (Å²) in [5, 5.41) is 3.97. The first-order chi connectivity index (χ1) is 8.52. The molecule has 0 unspecified atom stereocenters. The van der Waals surface area contributed by atoms with Crippen molar-refractivity contribution in [3.05, 3.63) is 40.8 Å². The molecule has 0 aliphatic heterocycles. The highest BCUT2D eigenvalue weighted by Gasteiger charge is 2.19. The third-order valence-corrected chi connectivity index (χ3v) is 2.85. The monoisotopic (exact) mass is 274 g/mol. The topological polar surface area (TPSA) is 17.8 Å². The molecule has 2 nitrogen and oxygen atoms in total. The molecule has 0 aliphatic rings. The fraction of sp³-hybridized carbons (Fsp3) is 0.250. The second-order valence-electron chi connectivity index (χ2n) is 3.72. The van der Waals surface area contributed by atoms with Crippen LogP contribution in [0.5, 0.6) is 0 Å². The summed E-state index contributed by atoms with van der Waals surface area (Å²) in [6, 6.07) is 3.91. The Kier molecular flexibility index (Phi) is 3.61. The standard InChI is InChI=1S/C12H10ClF3N2/c1-2-18-6-8(12(15)16)11(17-18)7-3-4-9(13)10(14)5-7/h3-6,12H,2H2,1H3. The molecule has 1 heterocycles. The van der Waals surface area contributed by atoms with Gasteiger partial charge in [-0.3, -0.25) is 4.68 Å². The average molecular weight is 275 g/mol. The van der Waals surface area contributed by atoms with Crippen molar-refractivity contribution in [3.63, 3.8) is 0 Å². The molecule has 96 valence electrons. The van der Waals surface area contributed by atoms with Crippen molar-refractivity contribution in [2.45, 2.75) is 19.9 Å². The number of aromatic nitrogens is 2. The molecule has 18 heavy (non-hydrogen) atoms.